The predicted octanol–water partition coefficient (Wildman–Crippen LogP) is 5.51. The third-order valence-corrected chi connectivity index (χ3v) is 6.10. The predicted molar refractivity (Wildman–Crippen MR) is 114 cm³/mol. The number of hydrogen-bond acceptors (Lipinski definition) is 6. The summed E-state index contributed by atoms with van der Waals surface area (Å²) in [6.07, 6.45) is 0. The molecule has 0 aliphatic heterocycles. The van der Waals surface area contributed by atoms with Crippen molar-refractivity contribution in [1.29, 1.82) is 0 Å². The Labute approximate surface area is 170 Å². The van der Waals surface area contributed by atoms with E-state index in [9.17, 15) is 4.79 Å². The van der Waals surface area contributed by atoms with Crippen LogP contribution in [0.5, 0.6) is 11.5 Å². The van der Waals surface area contributed by atoms with Crippen molar-refractivity contribution < 1.29 is 14.3 Å². The van der Waals surface area contributed by atoms with E-state index in [-0.39, 0.29) is 5.91 Å². The number of anilines is 1. The molecule has 28 heavy (non-hydrogen) atoms. The Morgan fingerprint density at radius 3 is 2.75 bits per heavy atom. The molecular formula is C21H18N2O3S2. The van der Waals surface area contributed by atoms with Gasteiger partial charge in [-0.25, -0.2) is 4.98 Å². The van der Waals surface area contributed by atoms with E-state index in [0.717, 1.165) is 21.3 Å². The Kier molecular flexibility index (Phi) is 5.27. The molecule has 2 aromatic heterocycles. The number of thiazole rings is 1. The molecule has 0 atom stereocenters. The number of nitrogens with zero attached hydrogens (tertiary/aromatic N) is 1. The molecule has 142 valence electrons. The topological polar surface area (TPSA) is 60.5 Å². The van der Waals surface area contributed by atoms with Crippen molar-refractivity contribution in [3.05, 3.63) is 69.9 Å². The van der Waals surface area contributed by atoms with Gasteiger partial charge in [0.1, 0.15) is 6.61 Å². The molecule has 5 nitrogen and oxygen atoms in total. The van der Waals surface area contributed by atoms with Crippen molar-refractivity contribution in [2.45, 2.75) is 13.5 Å². The minimum Gasteiger partial charge on any atom is -0.493 e. The van der Waals surface area contributed by atoms with Gasteiger partial charge in [0.25, 0.3) is 5.91 Å². The fourth-order valence-corrected chi connectivity index (χ4v) is 4.50. The fraction of sp³-hybridized carbons (Fsp3) is 0.143. The second-order valence-corrected chi connectivity index (χ2v) is 8.10. The first-order chi connectivity index (χ1) is 13.6. The first-order valence-electron chi connectivity index (χ1n) is 8.65. The van der Waals surface area contributed by atoms with Gasteiger partial charge < -0.3 is 9.47 Å². The summed E-state index contributed by atoms with van der Waals surface area (Å²) in [6, 6.07) is 15.3. The zero-order chi connectivity index (χ0) is 19.5. The van der Waals surface area contributed by atoms with E-state index in [2.05, 4.69) is 10.3 Å². The summed E-state index contributed by atoms with van der Waals surface area (Å²) >= 11 is 2.86. The van der Waals surface area contributed by atoms with E-state index in [1.54, 1.807) is 7.11 Å². The second-order valence-electron chi connectivity index (χ2n) is 6.15. The van der Waals surface area contributed by atoms with Gasteiger partial charge in [-0.2, -0.15) is 0 Å². The Morgan fingerprint density at radius 2 is 1.96 bits per heavy atom. The lowest BCUT2D eigenvalue weighted by Gasteiger charge is -2.09. The highest BCUT2D eigenvalue weighted by Gasteiger charge is 2.13. The zero-order valence-electron chi connectivity index (χ0n) is 15.4. The van der Waals surface area contributed by atoms with Gasteiger partial charge in [-0.05, 0) is 42.1 Å². The Hall–Kier alpha value is -2.90. The molecule has 2 aromatic carbocycles. The van der Waals surface area contributed by atoms with E-state index in [1.165, 1.54) is 22.7 Å². The summed E-state index contributed by atoms with van der Waals surface area (Å²) in [5.41, 5.74) is 2.96. The van der Waals surface area contributed by atoms with Crippen molar-refractivity contribution in [3.8, 4) is 11.5 Å². The number of methoxy groups -OCH3 is 1. The van der Waals surface area contributed by atoms with Crippen LogP contribution >= 0.6 is 22.7 Å². The van der Waals surface area contributed by atoms with E-state index in [1.807, 2.05) is 60.8 Å². The largest absolute Gasteiger partial charge is 0.493 e. The molecule has 4 aromatic rings. The zero-order valence-corrected chi connectivity index (χ0v) is 17.0. The van der Waals surface area contributed by atoms with Crippen LogP contribution in [-0.4, -0.2) is 18.0 Å². The van der Waals surface area contributed by atoms with Gasteiger partial charge >= 0.3 is 0 Å². The number of carbonyl (C=O) groups excluding carboxylic acids is 1. The summed E-state index contributed by atoms with van der Waals surface area (Å²) < 4.78 is 12.2. The second kappa shape index (κ2) is 8.00. The highest BCUT2D eigenvalue weighted by molar-refractivity contribution is 7.22. The first kappa shape index (κ1) is 18.5. The van der Waals surface area contributed by atoms with Crippen LogP contribution in [0.25, 0.3) is 10.2 Å². The molecule has 0 unspecified atom stereocenters. The maximum Gasteiger partial charge on any atom is 0.267 e. The fourth-order valence-electron chi connectivity index (χ4n) is 2.77. The van der Waals surface area contributed by atoms with Gasteiger partial charge in [0, 0.05) is 5.56 Å². The molecule has 1 N–H and O–H groups in total. The highest BCUT2D eigenvalue weighted by atomic mass is 32.1. The number of benzene rings is 2. The van der Waals surface area contributed by atoms with Gasteiger partial charge in [0.05, 0.1) is 22.2 Å². The van der Waals surface area contributed by atoms with Gasteiger partial charge in [0.2, 0.25) is 0 Å². The van der Waals surface area contributed by atoms with Crippen molar-refractivity contribution in [2.75, 3.05) is 12.4 Å². The van der Waals surface area contributed by atoms with Crippen molar-refractivity contribution in [1.82, 2.24) is 4.98 Å². The standard InChI is InChI=1S/C21H18N2O3S2/c1-13-6-5-9-17-19(13)22-21(28-17)23-20(24)18-10-14(12-27-18)11-26-16-8-4-3-7-15(16)25-2/h3-10,12H,11H2,1-2H3,(H,22,23,24). The quantitative estimate of drug-likeness (QED) is 0.456. The summed E-state index contributed by atoms with van der Waals surface area (Å²) in [4.78, 5) is 17.7. The normalized spacial score (nSPS) is 10.8. The molecule has 0 aliphatic rings. The lowest BCUT2D eigenvalue weighted by molar-refractivity contribution is 0.103. The van der Waals surface area contributed by atoms with Gasteiger partial charge in [-0.15, -0.1) is 11.3 Å². The monoisotopic (exact) mass is 410 g/mol. The van der Waals surface area contributed by atoms with Crippen LogP contribution in [0.2, 0.25) is 0 Å². The van der Waals surface area contributed by atoms with Crippen molar-refractivity contribution in [3.63, 3.8) is 0 Å². The van der Waals surface area contributed by atoms with Crippen LogP contribution in [0, 0.1) is 6.92 Å². The molecule has 0 aliphatic carbocycles. The number of aryl methyl sites for hydroxylation is 1. The van der Waals surface area contributed by atoms with Crippen LogP contribution in [0.4, 0.5) is 5.13 Å². The summed E-state index contributed by atoms with van der Waals surface area (Å²) in [7, 11) is 1.61. The lowest BCUT2D eigenvalue weighted by atomic mass is 10.2. The third-order valence-electron chi connectivity index (χ3n) is 4.18. The number of ether oxygens (including phenoxy) is 2. The molecule has 7 heteroatoms. The minimum atomic E-state index is -0.162. The Balaban J connectivity index is 1.43. The van der Waals surface area contributed by atoms with Gasteiger partial charge in [-0.3, -0.25) is 10.1 Å². The van der Waals surface area contributed by atoms with Crippen molar-refractivity contribution in [2.24, 2.45) is 0 Å². The van der Waals surface area contributed by atoms with Crippen LogP contribution in [0.3, 0.4) is 0 Å². The average molecular weight is 411 g/mol. The molecule has 0 radical (unpaired) electrons. The molecule has 1 amide bonds. The smallest absolute Gasteiger partial charge is 0.267 e. The number of para-hydroxylation sites is 3. The molecular weight excluding hydrogens is 392 g/mol. The first-order valence-corrected chi connectivity index (χ1v) is 10.3. The molecule has 0 saturated carbocycles. The molecule has 0 spiro atoms. The summed E-state index contributed by atoms with van der Waals surface area (Å²) in [5, 5.41) is 5.43. The number of thiophene rings is 1. The molecule has 0 fully saturated rings. The highest BCUT2D eigenvalue weighted by Crippen LogP contribution is 2.29. The van der Waals surface area contributed by atoms with Gasteiger partial charge in [-0.1, -0.05) is 35.6 Å². The van der Waals surface area contributed by atoms with Crippen LogP contribution in [0.1, 0.15) is 20.8 Å². The number of fused-ring (bicyclic) bond motifs is 1. The molecule has 0 bridgehead atoms. The molecule has 2 heterocycles. The maximum atomic E-state index is 12.6. The van der Waals surface area contributed by atoms with E-state index < -0.39 is 0 Å². The Morgan fingerprint density at radius 1 is 1.14 bits per heavy atom. The SMILES string of the molecule is COc1ccccc1OCc1csc(C(=O)Nc2nc3c(C)cccc3s2)c1. The van der Waals surface area contributed by atoms with Crippen LogP contribution < -0.4 is 14.8 Å². The number of carbonyl (C=O) groups is 1. The van der Waals surface area contributed by atoms with E-state index >= 15 is 0 Å². The summed E-state index contributed by atoms with van der Waals surface area (Å²) in [5.74, 6) is 1.19. The number of amides is 1. The average Bonchev–Trinajstić information content (AvgIpc) is 3.34. The number of rotatable bonds is 6. The van der Waals surface area contributed by atoms with E-state index in [0.29, 0.717) is 28.1 Å². The van der Waals surface area contributed by atoms with Crippen LogP contribution in [-0.2, 0) is 6.61 Å². The van der Waals surface area contributed by atoms with E-state index in [4.69, 9.17) is 9.47 Å². The summed E-state index contributed by atoms with van der Waals surface area (Å²) in [6.45, 7) is 2.38. The number of hydrogen-bond donors (Lipinski definition) is 1. The maximum absolute atomic E-state index is 12.6. The Bertz CT molecular complexity index is 1130. The van der Waals surface area contributed by atoms with Crippen molar-refractivity contribution >= 4 is 43.9 Å². The molecule has 0 saturated heterocycles. The van der Waals surface area contributed by atoms with Gasteiger partial charge in [0.15, 0.2) is 16.6 Å². The number of aromatic nitrogens is 1. The minimum absolute atomic E-state index is 0.162. The third kappa shape index (κ3) is 3.85. The number of nitrogens with one attached hydrogen (secondary N) is 1. The van der Waals surface area contributed by atoms with Crippen LogP contribution in [0.15, 0.2) is 53.9 Å². The lowest BCUT2D eigenvalue weighted by Crippen LogP contribution is -2.09. The molecule has 4 rings (SSSR count).